The summed E-state index contributed by atoms with van der Waals surface area (Å²) in [5.74, 6) is 0. The van der Waals surface area contributed by atoms with Gasteiger partial charge in [-0.15, -0.1) is 0 Å². The van der Waals surface area contributed by atoms with E-state index in [4.69, 9.17) is 0 Å². The maximum Gasteiger partial charge on any atom is 0.0705 e. The molecule has 0 radical (unpaired) electrons. The molecule has 2 nitrogen and oxygen atoms in total. The first-order valence-corrected chi connectivity index (χ1v) is 7.58. The van der Waals surface area contributed by atoms with E-state index < -0.39 is 0 Å². The Balaban J connectivity index is 2.31. The zero-order chi connectivity index (χ0) is 14.6. The summed E-state index contributed by atoms with van der Waals surface area (Å²) in [4.78, 5) is 4.47. The van der Waals surface area contributed by atoms with Crippen molar-refractivity contribution in [3.8, 4) is 0 Å². The van der Waals surface area contributed by atoms with E-state index in [1.165, 1.54) is 17.4 Å². The molecule has 1 aromatic heterocycles. The van der Waals surface area contributed by atoms with Crippen molar-refractivity contribution in [3.05, 3.63) is 42.1 Å². The van der Waals surface area contributed by atoms with Gasteiger partial charge in [0.15, 0.2) is 0 Å². The zero-order valence-corrected chi connectivity index (χ0v) is 13.1. The van der Waals surface area contributed by atoms with Crippen LogP contribution in [0.2, 0.25) is 0 Å². The number of nitrogens with zero attached hydrogens (tertiary/aromatic N) is 1. The third-order valence-corrected chi connectivity index (χ3v) is 3.69. The fourth-order valence-corrected chi connectivity index (χ4v) is 2.61. The molecule has 0 saturated carbocycles. The Morgan fingerprint density at radius 2 is 1.90 bits per heavy atom. The summed E-state index contributed by atoms with van der Waals surface area (Å²) >= 11 is 0. The van der Waals surface area contributed by atoms with Crippen molar-refractivity contribution in [2.75, 3.05) is 6.54 Å². The molecular weight excluding hydrogens is 244 g/mol. The number of pyridine rings is 1. The summed E-state index contributed by atoms with van der Waals surface area (Å²) in [7, 11) is 0. The molecule has 1 unspecified atom stereocenters. The molecule has 0 aliphatic rings. The standard InChI is InChI=1S/C18H26N2/c1-5-19-17(10-12-18(2,3)4)15-11-13-20-16-9-7-6-8-14(15)16/h6-9,11,13,17,19H,5,10,12H2,1-4H3. The molecule has 1 atom stereocenters. The van der Waals surface area contributed by atoms with Gasteiger partial charge in [0.1, 0.15) is 0 Å². The van der Waals surface area contributed by atoms with Crippen LogP contribution in [0.25, 0.3) is 10.9 Å². The van der Waals surface area contributed by atoms with Crippen LogP contribution in [0.5, 0.6) is 0 Å². The molecule has 0 spiro atoms. The highest BCUT2D eigenvalue weighted by Crippen LogP contribution is 2.30. The molecule has 1 heterocycles. The number of nitrogens with one attached hydrogen (secondary N) is 1. The summed E-state index contributed by atoms with van der Waals surface area (Å²) in [6.45, 7) is 10.1. The van der Waals surface area contributed by atoms with Crippen LogP contribution in [-0.4, -0.2) is 11.5 Å². The van der Waals surface area contributed by atoms with Gasteiger partial charge in [-0.1, -0.05) is 45.9 Å². The number of rotatable bonds is 5. The lowest BCUT2D eigenvalue weighted by atomic mass is 9.86. The third-order valence-electron chi connectivity index (χ3n) is 3.69. The first kappa shape index (κ1) is 15.0. The van der Waals surface area contributed by atoms with Crippen LogP contribution in [0.15, 0.2) is 36.5 Å². The van der Waals surface area contributed by atoms with Crippen LogP contribution in [0.1, 0.15) is 52.1 Å². The topological polar surface area (TPSA) is 24.9 Å². The molecular formula is C18H26N2. The minimum absolute atomic E-state index is 0.372. The van der Waals surface area contributed by atoms with E-state index >= 15 is 0 Å². The van der Waals surface area contributed by atoms with Gasteiger partial charge < -0.3 is 5.32 Å². The highest BCUT2D eigenvalue weighted by molar-refractivity contribution is 5.82. The average molecular weight is 270 g/mol. The molecule has 1 aromatic carbocycles. The van der Waals surface area contributed by atoms with Gasteiger partial charge in [0.2, 0.25) is 0 Å². The van der Waals surface area contributed by atoms with Gasteiger partial charge >= 0.3 is 0 Å². The van der Waals surface area contributed by atoms with Crippen LogP contribution in [0.3, 0.4) is 0 Å². The van der Waals surface area contributed by atoms with Crippen molar-refractivity contribution in [2.45, 2.75) is 46.6 Å². The van der Waals surface area contributed by atoms with E-state index in [1.54, 1.807) is 0 Å². The Bertz CT molecular complexity index is 549. The van der Waals surface area contributed by atoms with Gasteiger partial charge in [-0.05, 0) is 42.5 Å². The van der Waals surface area contributed by atoms with Crippen molar-refractivity contribution >= 4 is 10.9 Å². The molecule has 2 rings (SSSR count). The Morgan fingerprint density at radius 3 is 2.60 bits per heavy atom. The maximum atomic E-state index is 4.47. The van der Waals surface area contributed by atoms with Gasteiger partial charge in [0, 0.05) is 17.6 Å². The third kappa shape index (κ3) is 3.80. The lowest BCUT2D eigenvalue weighted by molar-refractivity contribution is 0.334. The smallest absolute Gasteiger partial charge is 0.0705 e. The molecule has 0 aliphatic carbocycles. The quantitative estimate of drug-likeness (QED) is 0.851. The lowest BCUT2D eigenvalue weighted by Crippen LogP contribution is -2.23. The highest BCUT2D eigenvalue weighted by atomic mass is 14.9. The summed E-state index contributed by atoms with van der Waals surface area (Å²) in [5, 5.41) is 4.91. The number of para-hydroxylation sites is 1. The van der Waals surface area contributed by atoms with Gasteiger partial charge in [0.25, 0.3) is 0 Å². The number of hydrogen-bond donors (Lipinski definition) is 1. The first-order valence-electron chi connectivity index (χ1n) is 7.58. The second-order valence-electron chi connectivity index (χ2n) is 6.63. The van der Waals surface area contributed by atoms with Crippen molar-refractivity contribution in [3.63, 3.8) is 0 Å². The minimum Gasteiger partial charge on any atom is -0.310 e. The van der Waals surface area contributed by atoms with Crippen LogP contribution >= 0.6 is 0 Å². The monoisotopic (exact) mass is 270 g/mol. The SMILES string of the molecule is CCNC(CCC(C)(C)C)c1ccnc2ccccc12. The second kappa shape index (κ2) is 6.36. The van der Waals surface area contributed by atoms with Crippen molar-refractivity contribution < 1.29 is 0 Å². The molecule has 0 amide bonds. The minimum atomic E-state index is 0.372. The van der Waals surface area contributed by atoms with E-state index in [-0.39, 0.29) is 0 Å². The Morgan fingerprint density at radius 1 is 1.15 bits per heavy atom. The molecule has 0 bridgehead atoms. The van der Waals surface area contributed by atoms with Gasteiger partial charge in [0.05, 0.1) is 5.52 Å². The predicted octanol–water partition coefficient (Wildman–Crippen LogP) is 4.71. The summed E-state index contributed by atoms with van der Waals surface area (Å²) in [6, 6.07) is 11.0. The molecule has 1 N–H and O–H groups in total. The average Bonchev–Trinajstić information content (AvgIpc) is 2.42. The normalized spacial score (nSPS) is 13.6. The highest BCUT2D eigenvalue weighted by Gasteiger charge is 2.17. The Hall–Kier alpha value is -1.41. The molecule has 20 heavy (non-hydrogen) atoms. The van der Waals surface area contributed by atoms with Crippen molar-refractivity contribution in [1.82, 2.24) is 10.3 Å². The van der Waals surface area contributed by atoms with Crippen molar-refractivity contribution in [2.24, 2.45) is 5.41 Å². The summed E-state index contributed by atoms with van der Waals surface area (Å²) < 4.78 is 0. The van der Waals surface area contributed by atoms with Gasteiger partial charge in [-0.2, -0.15) is 0 Å². The van der Waals surface area contributed by atoms with Crippen molar-refractivity contribution in [1.29, 1.82) is 0 Å². The van der Waals surface area contributed by atoms with Gasteiger partial charge in [-0.25, -0.2) is 0 Å². The number of hydrogen-bond acceptors (Lipinski definition) is 2. The first-order chi connectivity index (χ1) is 9.51. The Kier molecular flexibility index (Phi) is 4.77. The molecule has 0 saturated heterocycles. The van der Waals surface area contributed by atoms with Crippen LogP contribution in [0.4, 0.5) is 0 Å². The van der Waals surface area contributed by atoms with E-state index in [1.807, 2.05) is 6.20 Å². The largest absolute Gasteiger partial charge is 0.310 e. The number of fused-ring (bicyclic) bond motifs is 1. The lowest BCUT2D eigenvalue weighted by Gasteiger charge is -2.25. The van der Waals surface area contributed by atoms with E-state index in [0.717, 1.165) is 18.5 Å². The molecule has 108 valence electrons. The zero-order valence-electron chi connectivity index (χ0n) is 13.1. The Labute approximate surface area is 122 Å². The maximum absolute atomic E-state index is 4.47. The molecule has 0 aliphatic heterocycles. The fourth-order valence-electron chi connectivity index (χ4n) is 2.61. The van der Waals surface area contributed by atoms with E-state index in [2.05, 4.69) is 68.3 Å². The summed E-state index contributed by atoms with van der Waals surface area (Å²) in [6.07, 6.45) is 4.30. The van der Waals surface area contributed by atoms with Crippen LogP contribution < -0.4 is 5.32 Å². The number of benzene rings is 1. The summed E-state index contributed by atoms with van der Waals surface area (Å²) in [5.41, 5.74) is 2.83. The van der Waals surface area contributed by atoms with Gasteiger partial charge in [-0.3, -0.25) is 4.98 Å². The fraction of sp³-hybridized carbons (Fsp3) is 0.500. The molecule has 2 aromatic rings. The predicted molar refractivity (Wildman–Crippen MR) is 86.8 cm³/mol. The number of aromatic nitrogens is 1. The van der Waals surface area contributed by atoms with Crippen LogP contribution in [0, 0.1) is 5.41 Å². The van der Waals surface area contributed by atoms with Crippen LogP contribution in [-0.2, 0) is 0 Å². The molecule has 0 fully saturated rings. The van der Waals surface area contributed by atoms with E-state index in [9.17, 15) is 0 Å². The second-order valence-corrected chi connectivity index (χ2v) is 6.63. The van der Waals surface area contributed by atoms with E-state index in [0.29, 0.717) is 11.5 Å². The molecule has 2 heteroatoms.